The Morgan fingerprint density at radius 1 is 0.912 bits per heavy atom. The van der Waals surface area contributed by atoms with E-state index in [2.05, 4.69) is 4.98 Å². The molecule has 0 aliphatic rings. The van der Waals surface area contributed by atoms with Crippen molar-refractivity contribution >= 4 is 21.9 Å². The van der Waals surface area contributed by atoms with Crippen LogP contribution in [0.4, 0.5) is 4.39 Å². The van der Waals surface area contributed by atoms with Crippen LogP contribution in [0.5, 0.6) is 11.5 Å². The summed E-state index contributed by atoms with van der Waals surface area (Å²) in [6, 6.07) is 19.9. The van der Waals surface area contributed by atoms with Crippen molar-refractivity contribution in [3.05, 3.63) is 100 Å². The molecule has 2 aromatic heterocycles. The number of fused-ring (bicyclic) bond motifs is 3. The molecule has 0 atom stereocenters. The molecule has 7 heteroatoms. The topological polar surface area (TPSA) is 58.3 Å². The summed E-state index contributed by atoms with van der Waals surface area (Å²) < 4.78 is 27.7. The van der Waals surface area contributed by atoms with Gasteiger partial charge in [-0.2, -0.15) is 0 Å². The van der Waals surface area contributed by atoms with E-state index in [9.17, 15) is 9.18 Å². The number of methoxy groups -OCH3 is 2. The van der Waals surface area contributed by atoms with Crippen molar-refractivity contribution in [1.82, 2.24) is 14.1 Å². The highest BCUT2D eigenvalue weighted by Gasteiger charge is 2.17. The molecule has 0 aliphatic heterocycles. The second kappa shape index (κ2) is 9.02. The predicted molar refractivity (Wildman–Crippen MR) is 130 cm³/mol. The van der Waals surface area contributed by atoms with E-state index in [1.807, 2.05) is 47.0 Å². The lowest BCUT2D eigenvalue weighted by Crippen LogP contribution is -2.23. The molecule has 0 unspecified atom stereocenters. The standard InChI is InChI=1S/C27H24FN3O3/c1-33-23-12-9-18(15-24(23)34-2)13-14-30-17-29-25-21-5-3-4-6-22(21)31(26(25)27(30)32)16-19-7-10-20(28)11-8-19/h3-12,15,17H,13-14,16H2,1-2H3. The van der Waals surface area contributed by atoms with Gasteiger partial charge in [0.15, 0.2) is 11.5 Å². The summed E-state index contributed by atoms with van der Waals surface area (Å²) in [5.41, 5.74) is 3.96. The van der Waals surface area contributed by atoms with Gasteiger partial charge >= 0.3 is 0 Å². The van der Waals surface area contributed by atoms with Gasteiger partial charge in [-0.3, -0.25) is 9.36 Å². The number of aryl methyl sites for hydroxylation is 2. The molecule has 0 saturated carbocycles. The molecule has 6 nitrogen and oxygen atoms in total. The first-order valence-corrected chi connectivity index (χ1v) is 11.0. The Kier molecular flexibility index (Phi) is 5.76. The number of nitrogens with zero attached hydrogens (tertiary/aromatic N) is 3. The quantitative estimate of drug-likeness (QED) is 0.352. The first kappa shape index (κ1) is 21.7. The molecule has 0 spiro atoms. The summed E-state index contributed by atoms with van der Waals surface area (Å²) >= 11 is 0. The molecule has 0 bridgehead atoms. The van der Waals surface area contributed by atoms with Gasteiger partial charge in [0.25, 0.3) is 5.56 Å². The van der Waals surface area contributed by atoms with E-state index in [4.69, 9.17) is 9.47 Å². The highest BCUT2D eigenvalue weighted by molar-refractivity contribution is 6.05. The Bertz CT molecular complexity index is 1540. The maximum atomic E-state index is 13.6. The SMILES string of the molecule is COc1ccc(CCn2cnc3c4ccccc4n(Cc4ccc(F)cc4)c3c2=O)cc1OC. The van der Waals surface area contributed by atoms with E-state index < -0.39 is 0 Å². The van der Waals surface area contributed by atoms with E-state index in [1.54, 1.807) is 37.2 Å². The average molecular weight is 458 g/mol. The molecule has 3 aromatic carbocycles. The second-order valence-corrected chi connectivity index (χ2v) is 8.11. The lowest BCUT2D eigenvalue weighted by atomic mass is 10.1. The minimum atomic E-state index is -0.287. The summed E-state index contributed by atoms with van der Waals surface area (Å²) in [6.45, 7) is 0.913. The van der Waals surface area contributed by atoms with Crippen LogP contribution in [-0.2, 0) is 19.5 Å². The monoisotopic (exact) mass is 457 g/mol. The number of hydrogen-bond acceptors (Lipinski definition) is 4. The van der Waals surface area contributed by atoms with Crippen molar-refractivity contribution < 1.29 is 13.9 Å². The fourth-order valence-electron chi connectivity index (χ4n) is 4.33. The lowest BCUT2D eigenvalue weighted by molar-refractivity contribution is 0.354. The third-order valence-corrected chi connectivity index (χ3v) is 6.08. The molecule has 0 N–H and O–H groups in total. The van der Waals surface area contributed by atoms with Gasteiger partial charge in [0.1, 0.15) is 16.9 Å². The number of benzene rings is 3. The summed E-state index contributed by atoms with van der Waals surface area (Å²) in [7, 11) is 3.20. The van der Waals surface area contributed by atoms with Crippen LogP contribution in [0.15, 0.2) is 77.9 Å². The van der Waals surface area contributed by atoms with Crippen LogP contribution in [0.25, 0.3) is 21.9 Å². The van der Waals surface area contributed by atoms with E-state index >= 15 is 0 Å². The molecule has 0 aliphatic carbocycles. The maximum absolute atomic E-state index is 13.6. The summed E-state index contributed by atoms with van der Waals surface area (Å²) in [5.74, 6) is 1.03. The highest BCUT2D eigenvalue weighted by Crippen LogP contribution is 2.28. The van der Waals surface area contributed by atoms with Gasteiger partial charge in [0, 0.05) is 18.5 Å². The third kappa shape index (κ3) is 3.90. The van der Waals surface area contributed by atoms with Crippen molar-refractivity contribution in [2.45, 2.75) is 19.5 Å². The molecule has 2 heterocycles. The Morgan fingerprint density at radius 2 is 1.65 bits per heavy atom. The molecule has 34 heavy (non-hydrogen) atoms. The molecular formula is C27H24FN3O3. The second-order valence-electron chi connectivity index (χ2n) is 8.11. The fraction of sp³-hybridized carbons (Fsp3) is 0.185. The summed E-state index contributed by atoms with van der Waals surface area (Å²) in [4.78, 5) is 18.3. The molecule has 172 valence electrons. The first-order chi connectivity index (χ1) is 16.6. The molecule has 0 saturated heterocycles. The van der Waals surface area contributed by atoms with Crippen LogP contribution in [0.1, 0.15) is 11.1 Å². The van der Waals surface area contributed by atoms with Crippen LogP contribution >= 0.6 is 0 Å². The van der Waals surface area contributed by atoms with Crippen molar-refractivity contribution in [3.63, 3.8) is 0 Å². The smallest absolute Gasteiger partial charge is 0.277 e. The van der Waals surface area contributed by atoms with Gasteiger partial charge in [-0.1, -0.05) is 36.4 Å². The number of halogens is 1. The van der Waals surface area contributed by atoms with E-state index in [-0.39, 0.29) is 11.4 Å². The average Bonchev–Trinajstić information content (AvgIpc) is 3.19. The third-order valence-electron chi connectivity index (χ3n) is 6.08. The normalized spacial score (nSPS) is 11.3. The number of para-hydroxylation sites is 1. The maximum Gasteiger partial charge on any atom is 0.277 e. The minimum absolute atomic E-state index is 0.108. The largest absolute Gasteiger partial charge is 0.493 e. The highest BCUT2D eigenvalue weighted by atomic mass is 19.1. The van der Waals surface area contributed by atoms with Crippen LogP contribution in [0.3, 0.4) is 0 Å². The van der Waals surface area contributed by atoms with Crippen LogP contribution < -0.4 is 15.0 Å². The van der Waals surface area contributed by atoms with E-state index in [0.29, 0.717) is 42.0 Å². The van der Waals surface area contributed by atoms with Gasteiger partial charge in [0.2, 0.25) is 0 Å². The van der Waals surface area contributed by atoms with Crippen molar-refractivity contribution in [3.8, 4) is 11.5 Å². The molecule has 0 amide bonds. The van der Waals surface area contributed by atoms with Crippen LogP contribution in [-0.4, -0.2) is 28.3 Å². The van der Waals surface area contributed by atoms with Gasteiger partial charge in [-0.15, -0.1) is 0 Å². The van der Waals surface area contributed by atoms with Crippen molar-refractivity contribution in [2.75, 3.05) is 14.2 Å². The minimum Gasteiger partial charge on any atom is -0.493 e. The van der Waals surface area contributed by atoms with Gasteiger partial charge in [-0.05, 0) is 47.9 Å². The van der Waals surface area contributed by atoms with E-state index in [1.165, 1.54) is 12.1 Å². The lowest BCUT2D eigenvalue weighted by Gasteiger charge is -2.11. The molecule has 0 fully saturated rings. The van der Waals surface area contributed by atoms with Crippen LogP contribution in [0.2, 0.25) is 0 Å². The van der Waals surface area contributed by atoms with Gasteiger partial charge in [-0.25, -0.2) is 9.37 Å². The molecular weight excluding hydrogens is 433 g/mol. The Balaban J connectivity index is 1.55. The number of ether oxygens (including phenoxy) is 2. The van der Waals surface area contributed by atoms with Crippen molar-refractivity contribution in [2.24, 2.45) is 0 Å². The summed E-state index contributed by atoms with van der Waals surface area (Å²) in [5, 5.41) is 0.920. The Labute approximate surface area is 195 Å². The zero-order valence-electron chi connectivity index (χ0n) is 19.0. The fourth-order valence-corrected chi connectivity index (χ4v) is 4.33. The van der Waals surface area contributed by atoms with Gasteiger partial charge in [0.05, 0.1) is 26.1 Å². The molecule has 5 rings (SSSR count). The zero-order valence-corrected chi connectivity index (χ0v) is 19.0. The first-order valence-electron chi connectivity index (χ1n) is 11.0. The number of rotatable bonds is 7. The van der Waals surface area contributed by atoms with Crippen LogP contribution in [0, 0.1) is 5.82 Å². The molecule has 5 aromatic rings. The van der Waals surface area contributed by atoms with E-state index in [0.717, 1.165) is 22.0 Å². The number of aromatic nitrogens is 3. The summed E-state index contributed by atoms with van der Waals surface area (Å²) in [6.07, 6.45) is 2.24. The Morgan fingerprint density at radius 3 is 2.41 bits per heavy atom. The molecule has 0 radical (unpaired) electrons. The number of hydrogen-bond donors (Lipinski definition) is 0. The predicted octanol–water partition coefficient (Wildman–Crippen LogP) is 4.80. The van der Waals surface area contributed by atoms with Gasteiger partial charge < -0.3 is 14.0 Å². The Hall–Kier alpha value is -4.13. The van der Waals surface area contributed by atoms with Crippen molar-refractivity contribution in [1.29, 1.82) is 0 Å². The zero-order chi connectivity index (χ0) is 23.7.